The largest absolute Gasteiger partial charge is 0.490 e. The van der Waals surface area contributed by atoms with Crippen LogP contribution in [0.1, 0.15) is 74.3 Å². The van der Waals surface area contributed by atoms with Gasteiger partial charge in [0.1, 0.15) is 32.9 Å². The van der Waals surface area contributed by atoms with E-state index < -0.39 is 33.8 Å². The molecule has 6 atom stereocenters. The summed E-state index contributed by atoms with van der Waals surface area (Å²) >= 11 is 6.49. The molecule has 8 rings (SSSR count). The normalized spacial score (nSPS) is 26.7. The summed E-state index contributed by atoms with van der Waals surface area (Å²) in [5, 5.41) is 9.02. The number of anilines is 1. The Morgan fingerprint density at radius 1 is 0.967 bits per heavy atom. The van der Waals surface area contributed by atoms with Gasteiger partial charge in [-0.05, 0) is 91.5 Å². The number of nitrogens with one attached hydrogen (secondary N) is 1. The Labute approximate surface area is 359 Å². The number of aromatic nitrogens is 4. The van der Waals surface area contributed by atoms with Crippen molar-refractivity contribution < 1.29 is 42.3 Å². The summed E-state index contributed by atoms with van der Waals surface area (Å²) in [6.07, 6.45) is 9.69. The van der Waals surface area contributed by atoms with Crippen LogP contribution in [0.5, 0.6) is 17.5 Å². The molecular formula is C43H50ClN7O9S. The third-order valence-electron chi connectivity index (χ3n) is 12.3. The van der Waals surface area contributed by atoms with Crippen molar-refractivity contribution in [2.24, 2.45) is 30.3 Å². The molecule has 2 aliphatic heterocycles. The van der Waals surface area contributed by atoms with Crippen molar-refractivity contribution >= 4 is 45.0 Å². The molecule has 2 aromatic heterocycles. The van der Waals surface area contributed by atoms with Gasteiger partial charge in [-0.2, -0.15) is 0 Å². The molecule has 0 radical (unpaired) electrons. The second kappa shape index (κ2) is 17.2. The molecule has 1 spiro atoms. The number of hydrogen-bond donors (Lipinski definition) is 1. The van der Waals surface area contributed by atoms with Gasteiger partial charge in [0.2, 0.25) is 11.8 Å². The van der Waals surface area contributed by atoms with Gasteiger partial charge in [0, 0.05) is 69.1 Å². The van der Waals surface area contributed by atoms with E-state index in [4.69, 9.17) is 35.3 Å². The van der Waals surface area contributed by atoms with Gasteiger partial charge in [0.15, 0.2) is 0 Å². The zero-order valence-electron chi connectivity index (χ0n) is 34.8. The number of amides is 2. The molecule has 1 unspecified atom stereocenters. The molecule has 0 saturated heterocycles. The highest BCUT2D eigenvalue weighted by molar-refractivity contribution is 7.92. The van der Waals surface area contributed by atoms with Crippen molar-refractivity contribution in [2.45, 2.75) is 56.1 Å². The van der Waals surface area contributed by atoms with Crippen molar-refractivity contribution in [2.75, 3.05) is 51.7 Å². The number of esters is 1. The molecule has 4 aliphatic rings. The van der Waals surface area contributed by atoms with E-state index in [1.54, 1.807) is 45.5 Å². The summed E-state index contributed by atoms with van der Waals surface area (Å²) in [6.45, 7) is 1.70. The first-order valence-corrected chi connectivity index (χ1v) is 22.4. The number of fused-ring (bicyclic) bond motifs is 4. The minimum absolute atomic E-state index is 0.00472. The lowest BCUT2D eigenvalue weighted by molar-refractivity contribution is 0.0118. The molecule has 16 nitrogen and oxygen atoms in total. The van der Waals surface area contributed by atoms with Crippen molar-refractivity contribution in [1.82, 2.24) is 24.3 Å². The van der Waals surface area contributed by atoms with E-state index in [1.165, 1.54) is 47.1 Å². The van der Waals surface area contributed by atoms with E-state index in [-0.39, 0.29) is 64.0 Å². The molecular weight excluding hydrogens is 826 g/mol. The van der Waals surface area contributed by atoms with Gasteiger partial charge in [-0.1, -0.05) is 23.7 Å². The highest BCUT2D eigenvalue weighted by Crippen LogP contribution is 2.47. The van der Waals surface area contributed by atoms with Gasteiger partial charge < -0.3 is 28.6 Å². The molecule has 61 heavy (non-hydrogen) atoms. The molecule has 2 bridgehead atoms. The Bertz CT molecular complexity index is 2510. The van der Waals surface area contributed by atoms with Crippen molar-refractivity contribution in [3.05, 3.63) is 93.8 Å². The molecule has 324 valence electrons. The molecule has 4 aromatic rings. The molecule has 18 heteroatoms. The van der Waals surface area contributed by atoms with Gasteiger partial charge in [-0.15, -0.1) is 14.6 Å². The highest BCUT2D eigenvalue weighted by atomic mass is 35.5. The predicted octanol–water partition coefficient (Wildman–Crippen LogP) is 5.48. The summed E-state index contributed by atoms with van der Waals surface area (Å²) in [7, 11) is 3.75. The Morgan fingerprint density at radius 3 is 2.44 bits per heavy atom. The van der Waals surface area contributed by atoms with E-state index in [0.717, 1.165) is 37.8 Å². The number of benzene rings is 2. The summed E-state index contributed by atoms with van der Waals surface area (Å²) in [6, 6.07) is 11.2. The number of ether oxygens (including phenoxy) is 5. The zero-order valence-corrected chi connectivity index (χ0v) is 36.4. The second-order valence-corrected chi connectivity index (χ2v) is 18.7. The van der Waals surface area contributed by atoms with Crippen LogP contribution in [0.15, 0.2) is 65.3 Å². The summed E-state index contributed by atoms with van der Waals surface area (Å²) in [5.74, 6) is -1.71. The quantitative estimate of drug-likeness (QED) is 0.183. The molecule has 1 N–H and O–H groups in total. The SMILES string of the molecule is COc1nn(C)cc1C(=O)NS1(=O)=NC(=O)c2ccc3c(c2)N(C[C@@H]2CC[C@H]2[C@@H](OC)/C=C\[C@H](OC(=O)c2cn(C)nc2OC)CC1)C[C@@]1(CCCc2cc(Cl)ccc21)CO3. The fraction of sp³-hybridized carbons (Fsp3) is 0.465. The fourth-order valence-corrected chi connectivity index (χ4v) is 10.9. The van der Waals surface area contributed by atoms with E-state index in [1.807, 2.05) is 12.1 Å². The van der Waals surface area contributed by atoms with Gasteiger partial charge in [-0.25, -0.2) is 9.00 Å². The molecule has 2 aromatic carbocycles. The number of aryl methyl sites for hydroxylation is 3. The molecule has 2 amide bonds. The number of halogens is 1. The van der Waals surface area contributed by atoms with E-state index >= 15 is 0 Å². The summed E-state index contributed by atoms with van der Waals surface area (Å²) < 4.78 is 54.0. The monoisotopic (exact) mass is 875 g/mol. The zero-order chi connectivity index (χ0) is 43.1. The number of carbonyl (C=O) groups is 3. The molecule has 2 aliphatic carbocycles. The van der Waals surface area contributed by atoms with Crippen LogP contribution in [0.2, 0.25) is 5.02 Å². The average Bonchev–Trinajstić information content (AvgIpc) is 3.78. The Hall–Kier alpha value is -5.39. The third kappa shape index (κ3) is 8.60. The van der Waals surface area contributed by atoms with Crippen LogP contribution in [0, 0.1) is 11.8 Å². The van der Waals surface area contributed by atoms with Crippen LogP contribution >= 0.6 is 11.6 Å². The third-order valence-corrected chi connectivity index (χ3v) is 14.3. The van der Waals surface area contributed by atoms with Gasteiger partial charge in [-0.3, -0.25) is 23.7 Å². The van der Waals surface area contributed by atoms with E-state index in [0.29, 0.717) is 30.5 Å². The lowest BCUT2D eigenvalue weighted by atomic mass is 9.68. The summed E-state index contributed by atoms with van der Waals surface area (Å²) in [5.41, 5.74) is 3.04. The Kier molecular flexibility index (Phi) is 11.9. The predicted molar refractivity (Wildman–Crippen MR) is 227 cm³/mol. The van der Waals surface area contributed by atoms with Crippen LogP contribution in [0.4, 0.5) is 5.69 Å². The van der Waals surface area contributed by atoms with Crippen molar-refractivity contribution in [3.8, 4) is 17.5 Å². The Balaban J connectivity index is 1.21. The highest BCUT2D eigenvalue weighted by Gasteiger charge is 2.44. The van der Waals surface area contributed by atoms with Crippen LogP contribution in [0.25, 0.3) is 0 Å². The Morgan fingerprint density at radius 2 is 1.72 bits per heavy atom. The lowest BCUT2D eigenvalue weighted by Crippen LogP contribution is -2.49. The second-order valence-electron chi connectivity index (χ2n) is 16.2. The number of methoxy groups -OCH3 is 3. The molecule has 1 fully saturated rings. The van der Waals surface area contributed by atoms with Gasteiger partial charge >= 0.3 is 5.97 Å². The smallest absolute Gasteiger partial charge is 0.345 e. The fourth-order valence-electron chi connectivity index (χ4n) is 9.12. The molecule has 4 heterocycles. The van der Waals surface area contributed by atoms with Crippen LogP contribution in [-0.2, 0) is 45.3 Å². The number of hydrogen-bond acceptors (Lipinski definition) is 12. The van der Waals surface area contributed by atoms with Gasteiger partial charge in [0.25, 0.3) is 11.8 Å². The van der Waals surface area contributed by atoms with E-state index in [2.05, 4.69) is 36.3 Å². The first kappa shape index (κ1) is 42.3. The minimum Gasteiger partial charge on any atom is -0.490 e. The van der Waals surface area contributed by atoms with Crippen LogP contribution in [-0.4, -0.2) is 101 Å². The minimum atomic E-state index is -3.92. The molecule has 1 saturated carbocycles. The standard InChI is InChI=1S/C43H50ClN7O9S/c1-49-22-32(40(45-49)57-4)39(53)48-61(55)18-16-30(60-42(54)33-23-50(2)46-41(33)58-5)11-15-36(56-3)31-12-8-28(31)21-51-24-43(17-6-7-26-19-29(44)10-13-34(26)43)25-59-37-14-9-27(20-35(37)51)38(52)47-61/h9-11,13-15,19-20,22-23,28,30-31,36H,6-8,12,16-18,21,24-25H2,1-5H3,(H,47,48,52,53,55)/b15-11-/t28-,30-,31+,36-,43-,61?/m0/s1. The number of carbonyl (C=O) groups excluding carboxylic acids is 3. The summed E-state index contributed by atoms with van der Waals surface area (Å²) in [4.78, 5) is 44.1. The van der Waals surface area contributed by atoms with Gasteiger partial charge in [0.05, 0.1) is 38.4 Å². The lowest BCUT2D eigenvalue weighted by Gasteiger charge is -2.46. The van der Waals surface area contributed by atoms with Crippen LogP contribution in [0.3, 0.4) is 0 Å². The average molecular weight is 876 g/mol. The number of rotatable bonds is 7. The van der Waals surface area contributed by atoms with E-state index in [9.17, 15) is 18.6 Å². The topological polar surface area (TPSA) is 178 Å². The maximum atomic E-state index is 15.0. The first-order chi connectivity index (χ1) is 29.3. The number of nitrogens with zero attached hydrogens (tertiary/aromatic N) is 6. The van der Waals surface area contributed by atoms with Crippen molar-refractivity contribution in [3.63, 3.8) is 0 Å². The van der Waals surface area contributed by atoms with Crippen LogP contribution < -0.4 is 23.8 Å². The maximum Gasteiger partial charge on any atom is 0.345 e. The van der Waals surface area contributed by atoms with Crippen molar-refractivity contribution in [1.29, 1.82) is 0 Å². The maximum absolute atomic E-state index is 15.0. The first-order valence-electron chi connectivity index (χ1n) is 20.3.